The molecular weight excluding hydrogens is 342 g/mol. The van der Waals surface area contributed by atoms with Gasteiger partial charge in [0.25, 0.3) is 5.69 Å². The minimum Gasteiger partial charge on any atom is -0.465 e. The number of furan rings is 1. The Morgan fingerprint density at radius 1 is 1.39 bits per heavy atom. The maximum Gasteiger partial charge on any atom is 0.294 e. The van der Waals surface area contributed by atoms with Gasteiger partial charge in [0.15, 0.2) is 5.11 Å². The number of rotatable bonds is 4. The third-order valence-electron chi connectivity index (χ3n) is 2.58. The number of halogens is 1. The van der Waals surface area contributed by atoms with E-state index < -0.39 is 10.8 Å². The molecule has 1 amide bonds. The average molecular weight is 352 g/mol. The van der Waals surface area contributed by atoms with Crippen molar-refractivity contribution in [3.8, 4) is 0 Å². The van der Waals surface area contributed by atoms with E-state index in [0.29, 0.717) is 5.76 Å². The molecule has 0 saturated carbocycles. The van der Waals surface area contributed by atoms with Gasteiger partial charge in [-0.05, 0) is 42.6 Å². The monoisotopic (exact) mass is 351 g/mol. The lowest BCUT2D eigenvalue weighted by Gasteiger charge is -2.08. The van der Waals surface area contributed by atoms with Crippen molar-refractivity contribution in [2.45, 2.75) is 0 Å². The molecule has 1 heterocycles. The molecule has 0 aliphatic carbocycles. The molecule has 0 atom stereocenters. The first-order valence-corrected chi connectivity index (χ1v) is 7.02. The maximum atomic E-state index is 11.7. The molecule has 0 aliphatic heterocycles. The Hall–Kier alpha value is -2.71. The number of hydrogen-bond acceptors (Lipinski definition) is 5. The topological polar surface area (TPSA) is 97.4 Å². The largest absolute Gasteiger partial charge is 0.465 e. The Balaban J connectivity index is 2.00. The Kier molecular flexibility index (Phi) is 5.45. The van der Waals surface area contributed by atoms with Crippen molar-refractivity contribution in [1.82, 2.24) is 5.32 Å². The number of benzene rings is 1. The van der Waals surface area contributed by atoms with Crippen molar-refractivity contribution in [3.05, 3.63) is 63.6 Å². The Bertz CT molecular complexity index is 774. The molecule has 1 aromatic heterocycles. The van der Waals surface area contributed by atoms with Gasteiger partial charge in [-0.25, -0.2) is 0 Å². The number of amides is 1. The van der Waals surface area contributed by atoms with Crippen molar-refractivity contribution >= 4 is 52.3 Å². The summed E-state index contributed by atoms with van der Waals surface area (Å²) < 4.78 is 5.04. The number of anilines is 1. The highest BCUT2D eigenvalue weighted by Gasteiger charge is 2.15. The molecule has 2 rings (SSSR count). The second-order valence-electron chi connectivity index (χ2n) is 4.21. The summed E-state index contributed by atoms with van der Waals surface area (Å²) in [5, 5.41) is 16.1. The van der Waals surface area contributed by atoms with Crippen molar-refractivity contribution < 1.29 is 14.1 Å². The fourth-order valence-electron chi connectivity index (χ4n) is 1.61. The van der Waals surface area contributed by atoms with Gasteiger partial charge in [-0.3, -0.25) is 20.2 Å². The molecule has 0 radical (unpaired) electrons. The minimum atomic E-state index is -0.602. The fourth-order valence-corrected chi connectivity index (χ4v) is 1.99. The zero-order valence-electron chi connectivity index (χ0n) is 11.5. The van der Waals surface area contributed by atoms with E-state index in [4.69, 9.17) is 28.2 Å². The van der Waals surface area contributed by atoms with Crippen LogP contribution in [0.15, 0.2) is 47.1 Å². The van der Waals surface area contributed by atoms with Crippen LogP contribution in [0.4, 0.5) is 11.4 Å². The molecule has 9 heteroatoms. The highest BCUT2D eigenvalue weighted by Crippen LogP contribution is 2.27. The zero-order chi connectivity index (χ0) is 16.8. The number of hydrogen-bond donors (Lipinski definition) is 2. The van der Waals surface area contributed by atoms with Crippen LogP contribution < -0.4 is 10.6 Å². The third kappa shape index (κ3) is 4.90. The predicted molar refractivity (Wildman–Crippen MR) is 90.2 cm³/mol. The molecule has 0 aliphatic rings. The molecule has 2 aromatic rings. The Morgan fingerprint density at radius 3 is 2.83 bits per heavy atom. The quantitative estimate of drug-likeness (QED) is 0.379. The second kappa shape index (κ2) is 7.52. The highest BCUT2D eigenvalue weighted by molar-refractivity contribution is 7.80. The van der Waals surface area contributed by atoms with E-state index >= 15 is 0 Å². The van der Waals surface area contributed by atoms with Crippen LogP contribution in [0.2, 0.25) is 5.02 Å². The molecule has 0 saturated heterocycles. The maximum absolute atomic E-state index is 11.7. The SMILES string of the molecule is O=C(C=Cc1ccco1)NC(=S)Nc1ccc(Cl)cc1[N+](=O)[O-]. The van der Waals surface area contributed by atoms with Crippen molar-refractivity contribution in [2.24, 2.45) is 0 Å². The van der Waals surface area contributed by atoms with E-state index in [-0.39, 0.29) is 21.5 Å². The van der Waals surface area contributed by atoms with Gasteiger partial charge < -0.3 is 9.73 Å². The summed E-state index contributed by atoms with van der Waals surface area (Å²) >= 11 is 10.7. The van der Waals surface area contributed by atoms with Crippen molar-refractivity contribution in [3.63, 3.8) is 0 Å². The number of nitrogens with one attached hydrogen (secondary N) is 2. The summed E-state index contributed by atoms with van der Waals surface area (Å²) in [6.07, 6.45) is 4.16. The first-order valence-electron chi connectivity index (χ1n) is 6.23. The van der Waals surface area contributed by atoms with Crippen LogP contribution in [-0.4, -0.2) is 15.9 Å². The van der Waals surface area contributed by atoms with Gasteiger partial charge in [-0.15, -0.1) is 0 Å². The minimum absolute atomic E-state index is 0.0792. The molecule has 0 bridgehead atoms. The summed E-state index contributed by atoms with van der Waals surface area (Å²) in [4.78, 5) is 22.1. The van der Waals surface area contributed by atoms with Gasteiger partial charge in [0, 0.05) is 17.2 Å². The summed E-state index contributed by atoms with van der Waals surface area (Å²) in [6, 6.07) is 7.42. The smallest absolute Gasteiger partial charge is 0.294 e. The van der Waals surface area contributed by atoms with E-state index in [1.54, 1.807) is 12.1 Å². The second-order valence-corrected chi connectivity index (χ2v) is 5.06. The van der Waals surface area contributed by atoms with E-state index in [2.05, 4.69) is 10.6 Å². The van der Waals surface area contributed by atoms with Crippen LogP contribution in [0.3, 0.4) is 0 Å². The van der Waals surface area contributed by atoms with E-state index in [1.807, 2.05) is 0 Å². The van der Waals surface area contributed by atoms with Gasteiger partial charge in [0.05, 0.1) is 11.2 Å². The molecule has 0 unspecified atom stereocenters. The number of thiocarbonyl (C=S) groups is 1. The van der Waals surface area contributed by atoms with Crippen LogP contribution in [0.25, 0.3) is 6.08 Å². The van der Waals surface area contributed by atoms with Crippen LogP contribution >= 0.6 is 23.8 Å². The van der Waals surface area contributed by atoms with Gasteiger partial charge >= 0.3 is 0 Å². The van der Waals surface area contributed by atoms with Crippen LogP contribution in [0.1, 0.15) is 5.76 Å². The highest BCUT2D eigenvalue weighted by atomic mass is 35.5. The standard InChI is InChI=1S/C14H10ClN3O4S/c15-9-3-5-11(12(8-9)18(20)21)16-14(23)17-13(19)6-4-10-2-1-7-22-10/h1-8H,(H2,16,17,19,23). The van der Waals surface area contributed by atoms with Gasteiger partial charge in [0.2, 0.25) is 5.91 Å². The summed E-state index contributed by atoms with van der Waals surface area (Å²) in [6.45, 7) is 0. The van der Waals surface area contributed by atoms with E-state index in [1.165, 1.54) is 36.6 Å². The van der Waals surface area contributed by atoms with Gasteiger partial charge in [-0.2, -0.15) is 0 Å². The normalized spacial score (nSPS) is 10.5. The van der Waals surface area contributed by atoms with Crippen molar-refractivity contribution in [1.29, 1.82) is 0 Å². The van der Waals surface area contributed by atoms with Crippen LogP contribution in [0, 0.1) is 10.1 Å². The first-order chi connectivity index (χ1) is 11.0. The lowest BCUT2D eigenvalue weighted by Crippen LogP contribution is -2.33. The zero-order valence-corrected chi connectivity index (χ0v) is 13.1. The summed E-state index contributed by atoms with van der Waals surface area (Å²) in [5.41, 5.74) is -0.125. The molecule has 0 spiro atoms. The Labute approximate surface area is 141 Å². The fraction of sp³-hybridized carbons (Fsp3) is 0. The molecule has 2 N–H and O–H groups in total. The molecule has 7 nitrogen and oxygen atoms in total. The summed E-state index contributed by atoms with van der Waals surface area (Å²) in [7, 11) is 0. The van der Waals surface area contributed by atoms with Crippen molar-refractivity contribution in [2.75, 3.05) is 5.32 Å². The predicted octanol–water partition coefficient (Wildman–Crippen LogP) is 3.37. The lowest BCUT2D eigenvalue weighted by molar-refractivity contribution is -0.383. The first kappa shape index (κ1) is 16.7. The average Bonchev–Trinajstić information content (AvgIpc) is 3.00. The van der Waals surface area contributed by atoms with Crippen LogP contribution in [-0.2, 0) is 4.79 Å². The van der Waals surface area contributed by atoms with Gasteiger partial charge in [0.1, 0.15) is 11.4 Å². The summed E-state index contributed by atoms with van der Waals surface area (Å²) in [5.74, 6) is 0.00267. The number of nitro groups is 1. The number of carbonyl (C=O) groups is 1. The molecule has 118 valence electrons. The third-order valence-corrected chi connectivity index (χ3v) is 3.02. The van der Waals surface area contributed by atoms with Gasteiger partial charge in [-0.1, -0.05) is 11.6 Å². The van der Waals surface area contributed by atoms with Crippen LogP contribution in [0.5, 0.6) is 0 Å². The molecule has 1 aromatic carbocycles. The number of nitrogens with zero attached hydrogens (tertiary/aromatic N) is 1. The Morgan fingerprint density at radius 2 is 2.17 bits per heavy atom. The lowest BCUT2D eigenvalue weighted by atomic mass is 10.2. The molecule has 23 heavy (non-hydrogen) atoms. The molecule has 0 fully saturated rings. The molecular formula is C14H10ClN3O4S. The van der Waals surface area contributed by atoms with E-state index in [0.717, 1.165) is 0 Å². The van der Waals surface area contributed by atoms with E-state index in [9.17, 15) is 14.9 Å². The number of nitro benzene ring substituents is 1. The number of carbonyl (C=O) groups excluding carboxylic acids is 1.